The number of fused-ring (bicyclic) bond motifs is 11. The molecule has 0 atom stereocenters. The lowest BCUT2D eigenvalue weighted by atomic mass is 9.67. The third kappa shape index (κ3) is 4.14. The van der Waals surface area contributed by atoms with Crippen molar-refractivity contribution in [2.24, 2.45) is 0 Å². The number of aromatic nitrogens is 2. The van der Waals surface area contributed by atoms with Gasteiger partial charge in [0.1, 0.15) is 16.8 Å². The predicted octanol–water partition coefficient (Wildman–Crippen LogP) is 12.9. The third-order valence-corrected chi connectivity index (χ3v) is 12.5. The smallest absolute Gasteiger partial charge is 0.180 e. The molecule has 3 aliphatic carbocycles. The van der Waals surface area contributed by atoms with Crippen molar-refractivity contribution in [2.75, 3.05) is 0 Å². The molecule has 0 N–H and O–H groups in total. The quantitative estimate of drug-likeness (QED) is 0.188. The minimum absolute atomic E-state index is 0.0687. The first-order valence-electron chi connectivity index (χ1n) is 18.8. The van der Waals surface area contributed by atoms with Gasteiger partial charge in [0.15, 0.2) is 11.4 Å². The zero-order valence-corrected chi connectivity index (χ0v) is 29.5. The summed E-state index contributed by atoms with van der Waals surface area (Å²) < 4.78 is 6.42. The van der Waals surface area contributed by atoms with Crippen LogP contribution in [0.2, 0.25) is 0 Å². The summed E-state index contributed by atoms with van der Waals surface area (Å²) >= 11 is 0. The molecule has 250 valence electrons. The fraction of sp³-hybridized carbons (Fsp3) is 0.184. The molecular weight excluding hydrogens is 633 g/mol. The third-order valence-electron chi connectivity index (χ3n) is 12.5. The van der Waals surface area contributed by atoms with Crippen molar-refractivity contribution < 1.29 is 4.42 Å². The van der Waals surface area contributed by atoms with Gasteiger partial charge in [-0.15, -0.1) is 0 Å². The molecule has 0 unspecified atom stereocenters. The first kappa shape index (κ1) is 29.9. The second kappa shape index (κ2) is 10.9. The Kier molecular flexibility index (Phi) is 6.24. The summed E-state index contributed by atoms with van der Waals surface area (Å²) in [6, 6.07) is 48.7. The summed E-state index contributed by atoms with van der Waals surface area (Å²) in [4.78, 5) is 10.1. The lowest BCUT2D eigenvalue weighted by Gasteiger charge is -2.36. The number of para-hydroxylation sites is 1. The van der Waals surface area contributed by atoms with Gasteiger partial charge in [-0.05, 0) is 98.8 Å². The second-order valence-corrected chi connectivity index (χ2v) is 15.6. The standard InChI is InChI=1S/C49H38N2O/c1-48(2)39-24-23-33(27-36(39)38-29-42-37(28-41(38)48)34-15-7-9-17-40(34)49(42)25-11-4-12-26-49)30-19-21-31(22-20-30)44-46-45(35-16-8-10-18-43(35)52-46)51-47(50-44)32-13-5-3-6-14-32/h3,5-10,13-24,27-29H,4,11-12,25-26H2,1-2H3. The number of nitrogens with zero attached hydrogens (tertiary/aromatic N) is 2. The second-order valence-electron chi connectivity index (χ2n) is 15.6. The number of rotatable bonds is 3. The van der Waals surface area contributed by atoms with Gasteiger partial charge in [-0.25, -0.2) is 9.97 Å². The predicted molar refractivity (Wildman–Crippen MR) is 212 cm³/mol. The van der Waals surface area contributed by atoms with Gasteiger partial charge in [-0.2, -0.15) is 0 Å². The zero-order valence-electron chi connectivity index (χ0n) is 29.5. The van der Waals surface area contributed by atoms with E-state index < -0.39 is 0 Å². The molecule has 1 spiro atoms. The van der Waals surface area contributed by atoms with E-state index in [4.69, 9.17) is 14.4 Å². The molecule has 11 rings (SSSR count). The van der Waals surface area contributed by atoms with E-state index >= 15 is 0 Å². The molecule has 52 heavy (non-hydrogen) atoms. The first-order valence-corrected chi connectivity index (χ1v) is 18.8. The minimum Gasteiger partial charge on any atom is -0.452 e. The first-order chi connectivity index (χ1) is 25.5. The largest absolute Gasteiger partial charge is 0.452 e. The Morgan fingerprint density at radius 3 is 2.02 bits per heavy atom. The molecule has 2 heterocycles. The maximum Gasteiger partial charge on any atom is 0.180 e. The van der Waals surface area contributed by atoms with Crippen molar-refractivity contribution in [2.45, 2.75) is 56.8 Å². The summed E-state index contributed by atoms with van der Waals surface area (Å²) in [5.74, 6) is 0.697. The average molecular weight is 671 g/mol. The van der Waals surface area contributed by atoms with E-state index in [-0.39, 0.29) is 10.8 Å². The molecule has 1 fully saturated rings. The zero-order chi connectivity index (χ0) is 34.6. The Labute approximate surface area is 304 Å². The summed E-state index contributed by atoms with van der Waals surface area (Å²) in [6.45, 7) is 4.81. The molecule has 3 heteroatoms. The van der Waals surface area contributed by atoms with Gasteiger partial charge in [0.25, 0.3) is 0 Å². The van der Waals surface area contributed by atoms with Crippen molar-refractivity contribution in [3.63, 3.8) is 0 Å². The van der Waals surface area contributed by atoms with Crippen LogP contribution in [-0.4, -0.2) is 9.97 Å². The van der Waals surface area contributed by atoms with E-state index in [2.05, 4.69) is 111 Å². The molecule has 8 aromatic rings. The fourth-order valence-electron chi connectivity index (χ4n) is 9.89. The normalized spacial score (nSPS) is 16.2. The van der Waals surface area contributed by atoms with Gasteiger partial charge in [-0.3, -0.25) is 0 Å². The number of furan rings is 1. The Hall–Kier alpha value is -5.80. The highest BCUT2D eigenvalue weighted by Crippen LogP contribution is 2.60. The highest BCUT2D eigenvalue weighted by atomic mass is 16.3. The summed E-state index contributed by atoms with van der Waals surface area (Å²) in [6.07, 6.45) is 6.45. The summed E-state index contributed by atoms with van der Waals surface area (Å²) in [7, 11) is 0. The van der Waals surface area contributed by atoms with Gasteiger partial charge in [0, 0.05) is 27.3 Å². The molecule has 2 aromatic heterocycles. The highest BCUT2D eigenvalue weighted by molar-refractivity contribution is 6.07. The van der Waals surface area contributed by atoms with Crippen LogP contribution in [0.25, 0.3) is 78.1 Å². The van der Waals surface area contributed by atoms with Crippen LogP contribution in [0, 0.1) is 0 Å². The highest BCUT2D eigenvalue weighted by Gasteiger charge is 2.46. The summed E-state index contributed by atoms with van der Waals surface area (Å²) in [5.41, 5.74) is 19.4. The number of hydrogen-bond donors (Lipinski definition) is 0. The van der Waals surface area contributed by atoms with Crippen molar-refractivity contribution in [3.8, 4) is 56.0 Å². The van der Waals surface area contributed by atoms with E-state index in [0.717, 1.165) is 38.9 Å². The Morgan fingerprint density at radius 2 is 1.17 bits per heavy atom. The molecule has 0 amide bonds. The fourth-order valence-corrected chi connectivity index (χ4v) is 9.89. The van der Waals surface area contributed by atoms with Crippen molar-refractivity contribution in [1.29, 1.82) is 0 Å². The lowest BCUT2D eigenvalue weighted by molar-refractivity contribution is 0.353. The molecule has 0 bridgehead atoms. The molecular formula is C49H38N2O. The van der Waals surface area contributed by atoms with Crippen LogP contribution in [0.1, 0.15) is 68.2 Å². The summed E-state index contributed by atoms with van der Waals surface area (Å²) in [5, 5.41) is 1.00. The van der Waals surface area contributed by atoms with Gasteiger partial charge in [-0.1, -0.05) is 136 Å². The van der Waals surface area contributed by atoms with Crippen molar-refractivity contribution >= 4 is 22.1 Å². The number of benzene rings is 6. The molecule has 0 saturated heterocycles. The Morgan fingerprint density at radius 1 is 0.500 bits per heavy atom. The van der Waals surface area contributed by atoms with Crippen LogP contribution in [-0.2, 0) is 10.8 Å². The lowest BCUT2D eigenvalue weighted by Crippen LogP contribution is -2.28. The Balaban J connectivity index is 1.02. The molecule has 1 saturated carbocycles. The SMILES string of the molecule is CC1(C)c2ccc(-c3ccc(-c4nc(-c5ccccc5)nc5c4oc4ccccc45)cc3)cc2-c2cc3c(cc21)-c1ccccc1C31CCCCC1. The maximum absolute atomic E-state index is 6.42. The number of hydrogen-bond acceptors (Lipinski definition) is 3. The molecule has 0 radical (unpaired) electrons. The minimum atomic E-state index is -0.0687. The van der Waals surface area contributed by atoms with Crippen LogP contribution in [0.3, 0.4) is 0 Å². The van der Waals surface area contributed by atoms with Crippen LogP contribution in [0.4, 0.5) is 0 Å². The molecule has 3 nitrogen and oxygen atoms in total. The average Bonchev–Trinajstić information content (AvgIpc) is 3.78. The van der Waals surface area contributed by atoms with Gasteiger partial charge >= 0.3 is 0 Å². The topological polar surface area (TPSA) is 38.9 Å². The maximum atomic E-state index is 6.42. The van der Waals surface area contributed by atoms with Crippen LogP contribution >= 0.6 is 0 Å². The van der Waals surface area contributed by atoms with E-state index in [9.17, 15) is 0 Å². The van der Waals surface area contributed by atoms with E-state index in [1.54, 1.807) is 11.1 Å². The van der Waals surface area contributed by atoms with Crippen LogP contribution in [0.5, 0.6) is 0 Å². The van der Waals surface area contributed by atoms with Crippen LogP contribution < -0.4 is 0 Å². The molecule has 3 aliphatic rings. The Bertz CT molecular complexity index is 2730. The van der Waals surface area contributed by atoms with Crippen molar-refractivity contribution in [1.82, 2.24) is 9.97 Å². The van der Waals surface area contributed by atoms with Gasteiger partial charge in [0.05, 0.1) is 0 Å². The molecule has 0 aliphatic heterocycles. The van der Waals surface area contributed by atoms with Gasteiger partial charge < -0.3 is 4.42 Å². The van der Waals surface area contributed by atoms with E-state index in [0.29, 0.717) is 5.82 Å². The molecule has 6 aromatic carbocycles. The van der Waals surface area contributed by atoms with E-state index in [1.165, 1.54) is 76.6 Å². The van der Waals surface area contributed by atoms with Crippen LogP contribution in [0.15, 0.2) is 138 Å². The van der Waals surface area contributed by atoms with Gasteiger partial charge in [0.2, 0.25) is 0 Å². The van der Waals surface area contributed by atoms with E-state index in [1.807, 2.05) is 36.4 Å². The van der Waals surface area contributed by atoms with Crippen molar-refractivity contribution in [3.05, 3.63) is 156 Å². The monoisotopic (exact) mass is 670 g/mol.